The summed E-state index contributed by atoms with van der Waals surface area (Å²) in [5.74, 6) is -0.490. The van der Waals surface area contributed by atoms with E-state index in [1.165, 1.54) is 18.2 Å². The number of hydrogen-bond donors (Lipinski definition) is 1. The van der Waals surface area contributed by atoms with Crippen LogP contribution in [0.15, 0.2) is 77.2 Å². The van der Waals surface area contributed by atoms with Gasteiger partial charge in [-0.15, -0.1) is 0 Å². The first-order chi connectivity index (χ1) is 16.9. The minimum Gasteiger partial charge on any atom is -0.423 e. The molecular weight excluding hydrogens is 443 g/mol. The van der Waals surface area contributed by atoms with Gasteiger partial charge in [-0.25, -0.2) is 4.39 Å². The first-order valence-electron chi connectivity index (χ1n) is 11.6. The molecule has 7 heteroatoms. The van der Waals surface area contributed by atoms with E-state index in [0.29, 0.717) is 28.8 Å². The normalized spacial score (nSPS) is 16.0. The summed E-state index contributed by atoms with van der Waals surface area (Å²) in [6.45, 7) is 1.80. The number of halogens is 1. The number of aromatic nitrogens is 1. The fourth-order valence-corrected chi connectivity index (χ4v) is 4.25. The Kier molecular flexibility index (Phi) is 6.33. The standard InChI is InChI=1S/C28H27FN4O2/c1-32(2)24-15-16-33(18-24)28-31-25-17-23(12-13-26(25)35-28)30-27(34)14-5-19-3-6-20(7-4-19)21-8-10-22(29)11-9-21/h3-14,17,24H,15-16,18H2,1-2H3,(H,30,34)/b14-5+/t24-/m1/s1. The van der Waals surface area contributed by atoms with Crippen LogP contribution in [0.4, 0.5) is 16.1 Å². The zero-order valence-electron chi connectivity index (χ0n) is 19.7. The number of amides is 1. The van der Waals surface area contributed by atoms with Gasteiger partial charge in [0.2, 0.25) is 5.91 Å². The van der Waals surface area contributed by atoms with E-state index in [2.05, 4.69) is 34.2 Å². The maximum Gasteiger partial charge on any atom is 0.298 e. The van der Waals surface area contributed by atoms with Crippen molar-refractivity contribution in [3.8, 4) is 11.1 Å². The van der Waals surface area contributed by atoms with Crippen molar-refractivity contribution in [2.75, 3.05) is 37.4 Å². The van der Waals surface area contributed by atoms with E-state index in [1.54, 1.807) is 18.2 Å². The van der Waals surface area contributed by atoms with Crippen molar-refractivity contribution in [1.82, 2.24) is 9.88 Å². The van der Waals surface area contributed by atoms with Gasteiger partial charge in [-0.05, 0) is 73.6 Å². The van der Waals surface area contributed by atoms with Crippen molar-refractivity contribution < 1.29 is 13.6 Å². The third kappa shape index (κ3) is 5.25. The quantitative estimate of drug-likeness (QED) is 0.381. The first kappa shape index (κ1) is 22.8. The van der Waals surface area contributed by atoms with Crippen molar-refractivity contribution in [3.05, 3.63) is 84.2 Å². The summed E-state index contributed by atoms with van der Waals surface area (Å²) < 4.78 is 19.1. The van der Waals surface area contributed by atoms with E-state index >= 15 is 0 Å². The highest BCUT2D eigenvalue weighted by atomic mass is 19.1. The van der Waals surface area contributed by atoms with E-state index in [9.17, 15) is 9.18 Å². The number of likely N-dealkylation sites (N-methyl/N-ethyl adjacent to an activating group) is 1. The minimum atomic E-state index is -0.257. The van der Waals surface area contributed by atoms with Crippen molar-refractivity contribution in [3.63, 3.8) is 0 Å². The molecule has 178 valence electrons. The molecule has 1 aromatic heterocycles. The second kappa shape index (κ2) is 9.72. The second-order valence-corrected chi connectivity index (χ2v) is 8.98. The van der Waals surface area contributed by atoms with Gasteiger partial charge in [-0.3, -0.25) is 4.79 Å². The van der Waals surface area contributed by atoms with E-state index in [4.69, 9.17) is 4.42 Å². The summed E-state index contributed by atoms with van der Waals surface area (Å²) in [5.41, 5.74) is 4.89. The van der Waals surface area contributed by atoms with Crippen LogP contribution in [-0.2, 0) is 4.79 Å². The number of benzene rings is 3. The van der Waals surface area contributed by atoms with Gasteiger partial charge in [0.15, 0.2) is 5.58 Å². The van der Waals surface area contributed by atoms with Crippen molar-refractivity contribution in [2.45, 2.75) is 12.5 Å². The molecule has 5 rings (SSSR count). The monoisotopic (exact) mass is 470 g/mol. The van der Waals surface area contributed by atoms with Gasteiger partial charge >= 0.3 is 0 Å². The predicted octanol–water partition coefficient (Wildman–Crippen LogP) is 5.43. The number of oxazole rings is 1. The number of anilines is 2. The molecule has 0 radical (unpaired) electrons. The zero-order valence-corrected chi connectivity index (χ0v) is 19.7. The number of hydrogen-bond acceptors (Lipinski definition) is 5. The van der Waals surface area contributed by atoms with E-state index < -0.39 is 0 Å². The van der Waals surface area contributed by atoms with Crippen molar-refractivity contribution >= 4 is 34.8 Å². The lowest BCUT2D eigenvalue weighted by Crippen LogP contribution is -2.31. The number of carbonyl (C=O) groups excluding carboxylic acids is 1. The highest BCUT2D eigenvalue weighted by molar-refractivity contribution is 6.02. The molecular formula is C28H27FN4O2. The van der Waals surface area contributed by atoms with Crippen LogP contribution in [0.3, 0.4) is 0 Å². The second-order valence-electron chi connectivity index (χ2n) is 8.98. The molecule has 0 spiro atoms. The molecule has 35 heavy (non-hydrogen) atoms. The molecule has 2 heterocycles. The van der Waals surface area contributed by atoms with Crippen LogP contribution in [0.1, 0.15) is 12.0 Å². The van der Waals surface area contributed by atoms with Crippen LogP contribution in [0.5, 0.6) is 0 Å². The van der Waals surface area contributed by atoms with Gasteiger partial charge in [-0.2, -0.15) is 4.98 Å². The van der Waals surface area contributed by atoms with E-state index in [0.717, 1.165) is 36.2 Å². The third-order valence-electron chi connectivity index (χ3n) is 6.32. The van der Waals surface area contributed by atoms with Crippen LogP contribution >= 0.6 is 0 Å². The van der Waals surface area contributed by atoms with Crippen LogP contribution in [-0.4, -0.2) is 49.0 Å². The topological polar surface area (TPSA) is 61.6 Å². The Bertz CT molecular complexity index is 1360. The Morgan fingerprint density at radius 2 is 1.80 bits per heavy atom. The summed E-state index contributed by atoms with van der Waals surface area (Å²) in [7, 11) is 4.18. The van der Waals surface area contributed by atoms with Gasteiger partial charge in [0.25, 0.3) is 6.01 Å². The fraction of sp³-hybridized carbons (Fsp3) is 0.214. The molecule has 3 aromatic carbocycles. The minimum absolute atomic E-state index is 0.232. The summed E-state index contributed by atoms with van der Waals surface area (Å²) in [6.07, 6.45) is 4.33. The SMILES string of the molecule is CN(C)[C@@H]1CCN(c2nc3cc(NC(=O)/C=C/c4ccc(-c5ccc(F)cc5)cc4)ccc3o2)C1. The molecule has 1 saturated heterocycles. The molecule has 1 N–H and O–H groups in total. The molecule has 0 aliphatic carbocycles. The van der Waals surface area contributed by atoms with Crippen molar-refractivity contribution in [1.29, 1.82) is 0 Å². The number of carbonyl (C=O) groups is 1. The largest absolute Gasteiger partial charge is 0.423 e. The van der Waals surface area contributed by atoms with Crippen LogP contribution in [0.25, 0.3) is 28.3 Å². The first-order valence-corrected chi connectivity index (χ1v) is 11.6. The van der Waals surface area contributed by atoms with Crippen molar-refractivity contribution in [2.24, 2.45) is 0 Å². The van der Waals surface area contributed by atoms with E-state index in [-0.39, 0.29) is 11.7 Å². The van der Waals surface area contributed by atoms with Crippen LogP contribution < -0.4 is 10.2 Å². The predicted molar refractivity (Wildman–Crippen MR) is 138 cm³/mol. The molecule has 1 aliphatic rings. The highest BCUT2D eigenvalue weighted by Crippen LogP contribution is 2.28. The van der Waals surface area contributed by atoms with E-state index in [1.807, 2.05) is 42.5 Å². The summed E-state index contributed by atoms with van der Waals surface area (Å²) in [5, 5.41) is 2.88. The third-order valence-corrected chi connectivity index (χ3v) is 6.32. The molecule has 1 atom stereocenters. The average molecular weight is 471 g/mol. The highest BCUT2D eigenvalue weighted by Gasteiger charge is 2.27. The Hall–Kier alpha value is -3.97. The number of rotatable bonds is 6. The fourth-order valence-electron chi connectivity index (χ4n) is 4.25. The molecule has 4 aromatic rings. The lowest BCUT2D eigenvalue weighted by Gasteiger charge is -2.19. The number of nitrogens with zero attached hydrogens (tertiary/aromatic N) is 3. The van der Waals surface area contributed by atoms with Gasteiger partial charge in [0.05, 0.1) is 0 Å². The summed E-state index contributed by atoms with van der Waals surface area (Å²) in [4.78, 5) is 21.5. The Morgan fingerprint density at radius 3 is 2.49 bits per heavy atom. The van der Waals surface area contributed by atoms with Gasteiger partial charge < -0.3 is 19.5 Å². The molecule has 1 amide bonds. The number of fused-ring (bicyclic) bond motifs is 1. The number of nitrogens with one attached hydrogen (secondary N) is 1. The Balaban J connectivity index is 1.22. The van der Waals surface area contributed by atoms with Crippen LogP contribution in [0, 0.1) is 5.82 Å². The van der Waals surface area contributed by atoms with Crippen LogP contribution in [0.2, 0.25) is 0 Å². The molecule has 1 aliphatic heterocycles. The molecule has 0 bridgehead atoms. The lowest BCUT2D eigenvalue weighted by molar-refractivity contribution is -0.111. The maximum atomic E-state index is 13.1. The Morgan fingerprint density at radius 1 is 1.09 bits per heavy atom. The molecule has 0 saturated carbocycles. The summed E-state index contributed by atoms with van der Waals surface area (Å²) in [6, 6.07) is 20.7. The molecule has 0 unspecified atom stereocenters. The zero-order chi connectivity index (χ0) is 24.4. The molecule has 1 fully saturated rings. The molecule has 6 nitrogen and oxygen atoms in total. The van der Waals surface area contributed by atoms with Gasteiger partial charge in [0.1, 0.15) is 11.3 Å². The smallest absolute Gasteiger partial charge is 0.298 e. The average Bonchev–Trinajstić information content (AvgIpc) is 3.51. The van der Waals surface area contributed by atoms with Gasteiger partial charge in [-0.1, -0.05) is 36.4 Å². The van der Waals surface area contributed by atoms with Gasteiger partial charge in [0, 0.05) is 30.9 Å². The Labute approximate surface area is 203 Å². The maximum absolute atomic E-state index is 13.1. The summed E-state index contributed by atoms with van der Waals surface area (Å²) >= 11 is 0. The lowest BCUT2D eigenvalue weighted by atomic mass is 10.0.